The molecule has 4 nitrogen and oxygen atoms in total. The molecule has 1 aromatic carbocycles. The van der Waals surface area contributed by atoms with Crippen molar-refractivity contribution in [2.75, 3.05) is 7.05 Å². The van der Waals surface area contributed by atoms with Crippen LogP contribution < -0.4 is 0 Å². The molecule has 0 unspecified atom stereocenters. The lowest BCUT2D eigenvalue weighted by atomic mass is 10.1. The van der Waals surface area contributed by atoms with Crippen molar-refractivity contribution in [3.8, 4) is 0 Å². The average molecular weight is 316 g/mol. The molecule has 0 N–H and O–H groups in total. The molecular formula is C17H24N4S. The largest absolute Gasteiger partial charge is 0.300 e. The minimum Gasteiger partial charge on any atom is -0.300 e. The fourth-order valence-electron chi connectivity index (χ4n) is 2.45. The molecule has 0 aliphatic rings. The SMILES string of the molecule is C=CCn1c(C)nn(CN(C)Cc2ccc(CC)cc2)c1=S. The third kappa shape index (κ3) is 3.93. The highest BCUT2D eigenvalue weighted by molar-refractivity contribution is 7.71. The van der Waals surface area contributed by atoms with Crippen LogP contribution in [0.5, 0.6) is 0 Å². The van der Waals surface area contributed by atoms with Crippen LogP contribution in [0.25, 0.3) is 0 Å². The molecular weight excluding hydrogens is 292 g/mol. The number of aryl methyl sites for hydroxylation is 2. The molecule has 22 heavy (non-hydrogen) atoms. The van der Waals surface area contributed by atoms with Gasteiger partial charge in [-0.2, -0.15) is 5.10 Å². The van der Waals surface area contributed by atoms with Crippen LogP contribution in [-0.2, 0) is 26.2 Å². The van der Waals surface area contributed by atoms with Gasteiger partial charge >= 0.3 is 0 Å². The van der Waals surface area contributed by atoms with Gasteiger partial charge in [-0.05, 0) is 43.7 Å². The van der Waals surface area contributed by atoms with Gasteiger partial charge in [-0.3, -0.25) is 4.90 Å². The van der Waals surface area contributed by atoms with E-state index < -0.39 is 0 Å². The van der Waals surface area contributed by atoms with Crippen LogP contribution in [0.1, 0.15) is 23.9 Å². The summed E-state index contributed by atoms with van der Waals surface area (Å²) in [7, 11) is 2.08. The Hall–Kier alpha value is -1.72. The average Bonchev–Trinajstić information content (AvgIpc) is 2.76. The lowest BCUT2D eigenvalue weighted by Crippen LogP contribution is -2.22. The Morgan fingerprint density at radius 2 is 1.91 bits per heavy atom. The Bertz CT molecular complexity index is 682. The second-order valence-electron chi connectivity index (χ2n) is 5.55. The van der Waals surface area contributed by atoms with Gasteiger partial charge in [-0.25, -0.2) is 4.68 Å². The Morgan fingerprint density at radius 3 is 2.50 bits per heavy atom. The molecule has 0 bridgehead atoms. The second kappa shape index (κ2) is 7.51. The number of benzene rings is 1. The molecule has 0 fully saturated rings. The minimum atomic E-state index is 0.680. The fourth-order valence-corrected chi connectivity index (χ4v) is 2.76. The summed E-state index contributed by atoms with van der Waals surface area (Å²) >= 11 is 5.48. The molecule has 1 heterocycles. The number of hydrogen-bond acceptors (Lipinski definition) is 3. The lowest BCUT2D eigenvalue weighted by Gasteiger charge is -2.16. The molecule has 0 aliphatic carbocycles. The molecule has 0 aliphatic heterocycles. The summed E-state index contributed by atoms with van der Waals surface area (Å²) in [6.45, 7) is 10.2. The summed E-state index contributed by atoms with van der Waals surface area (Å²) in [6.07, 6.45) is 2.92. The Morgan fingerprint density at radius 1 is 1.27 bits per heavy atom. The quantitative estimate of drug-likeness (QED) is 0.577. The van der Waals surface area contributed by atoms with E-state index in [0.29, 0.717) is 13.2 Å². The molecule has 0 spiro atoms. The first-order valence-corrected chi connectivity index (χ1v) is 7.97. The fraction of sp³-hybridized carbons (Fsp3) is 0.412. The first kappa shape index (κ1) is 16.6. The summed E-state index contributed by atoms with van der Waals surface area (Å²) in [5, 5.41) is 4.52. The number of aromatic nitrogens is 3. The van der Waals surface area contributed by atoms with Gasteiger partial charge in [0, 0.05) is 13.1 Å². The van der Waals surface area contributed by atoms with E-state index in [1.165, 1.54) is 11.1 Å². The summed E-state index contributed by atoms with van der Waals surface area (Å²) in [6, 6.07) is 8.77. The van der Waals surface area contributed by atoms with E-state index in [2.05, 4.69) is 54.8 Å². The molecule has 0 saturated carbocycles. The predicted octanol–water partition coefficient (Wildman–Crippen LogP) is 3.56. The summed E-state index contributed by atoms with van der Waals surface area (Å²) in [5.41, 5.74) is 2.67. The van der Waals surface area contributed by atoms with Gasteiger partial charge in [-0.1, -0.05) is 37.3 Å². The van der Waals surface area contributed by atoms with E-state index in [-0.39, 0.29) is 0 Å². The molecule has 0 atom stereocenters. The van der Waals surface area contributed by atoms with E-state index in [1.807, 2.05) is 22.2 Å². The predicted molar refractivity (Wildman–Crippen MR) is 93.3 cm³/mol. The molecule has 0 amide bonds. The van der Waals surface area contributed by atoms with Crippen molar-refractivity contribution < 1.29 is 0 Å². The highest BCUT2D eigenvalue weighted by atomic mass is 32.1. The van der Waals surface area contributed by atoms with E-state index in [0.717, 1.165) is 23.6 Å². The number of nitrogens with zero attached hydrogens (tertiary/aromatic N) is 4. The van der Waals surface area contributed by atoms with Crippen molar-refractivity contribution >= 4 is 12.2 Å². The topological polar surface area (TPSA) is 26.0 Å². The van der Waals surface area contributed by atoms with Crippen molar-refractivity contribution in [1.82, 2.24) is 19.2 Å². The van der Waals surface area contributed by atoms with Gasteiger partial charge in [0.1, 0.15) is 5.82 Å². The van der Waals surface area contributed by atoms with E-state index in [4.69, 9.17) is 12.2 Å². The Kier molecular flexibility index (Phi) is 5.69. The molecule has 118 valence electrons. The summed E-state index contributed by atoms with van der Waals surface area (Å²) < 4.78 is 4.60. The highest BCUT2D eigenvalue weighted by Gasteiger charge is 2.08. The van der Waals surface area contributed by atoms with Gasteiger partial charge in [0.05, 0.1) is 6.67 Å². The van der Waals surface area contributed by atoms with Crippen LogP contribution in [-0.4, -0.2) is 26.3 Å². The normalized spacial score (nSPS) is 11.1. The summed E-state index contributed by atoms with van der Waals surface area (Å²) in [4.78, 5) is 2.21. The van der Waals surface area contributed by atoms with Crippen molar-refractivity contribution in [2.45, 2.75) is 40.0 Å². The van der Waals surface area contributed by atoms with E-state index in [9.17, 15) is 0 Å². The van der Waals surface area contributed by atoms with Crippen LogP contribution in [0.3, 0.4) is 0 Å². The maximum Gasteiger partial charge on any atom is 0.199 e. The second-order valence-corrected chi connectivity index (χ2v) is 5.92. The van der Waals surface area contributed by atoms with Crippen molar-refractivity contribution in [3.63, 3.8) is 0 Å². The number of rotatable bonds is 7. The molecule has 0 radical (unpaired) electrons. The van der Waals surface area contributed by atoms with Crippen LogP contribution in [0.4, 0.5) is 0 Å². The van der Waals surface area contributed by atoms with Crippen LogP contribution in [0.2, 0.25) is 0 Å². The molecule has 2 rings (SSSR count). The third-order valence-corrected chi connectivity index (χ3v) is 4.11. The first-order chi connectivity index (χ1) is 10.5. The zero-order valence-corrected chi connectivity index (χ0v) is 14.4. The van der Waals surface area contributed by atoms with Crippen molar-refractivity contribution in [1.29, 1.82) is 0 Å². The Labute approximate surface area is 137 Å². The van der Waals surface area contributed by atoms with Gasteiger partial charge in [0.2, 0.25) is 0 Å². The van der Waals surface area contributed by atoms with Gasteiger partial charge in [0.25, 0.3) is 0 Å². The van der Waals surface area contributed by atoms with Crippen LogP contribution in [0, 0.1) is 11.7 Å². The van der Waals surface area contributed by atoms with Gasteiger partial charge in [-0.15, -0.1) is 6.58 Å². The molecule has 2 aromatic rings. The molecule has 5 heteroatoms. The van der Waals surface area contributed by atoms with E-state index in [1.54, 1.807) is 0 Å². The van der Waals surface area contributed by atoms with E-state index >= 15 is 0 Å². The zero-order valence-electron chi connectivity index (χ0n) is 13.6. The maximum absolute atomic E-state index is 5.48. The minimum absolute atomic E-state index is 0.680. The molecule has 1 aromatic heterocycles. The first-order valence-electron chi connectivity index (χ1n) is 7.56. The Balaban J connectivity index is 2.05. The lowest BCUT2D eigenvalue weighted by molar-refractivity contribution is 0.243. The number of hydrogen-bond donors (Lipinski definition) is 0. The monoisotopic (exact) mass is 316 g/mol. The van der Waals surface area contributed by atoms with Gasteiger partial charge in [0.15, 0.2) is 4.77 Å². The van der Waals surface area contributed by atoms with Crippen LogP contribution >= 0.6 is 12.2 Å². The summed E-state index contributed by atoms with van der Waals surface area (Å²) in [5.74, 6) is 0.922. The maximum atomic E-state index is 5.48. The number of allylic oxidation sites excluding steroid dienone is 1. The van der Waals surface area contributed by atoms with Crippen molar-refractivity contribution in [3.05, 3.63) is 58.6 Å². The van der Waals surface area contributed by atoms with Crippen LogP contribution in [0.15, 0.2) is 36.9 Å². The zero-order chi connectivity index (χ0) is 16.1. The standard InChI is InChI=1S/C17H24N4S/c1-5-11-20-14(3)18-21(17(20)22)13-19(4)12-16-9-7-15(6-2)8-10-16/h5,7-10H,1,6,11-13H2,2-4H3. The highest BCUT2D eigenvalue weighted by Crippen LogP contribution is 2.09. The smallest absolute Gasteiger partial charge is 0.199 e. The third-order valence-electron chi connectivity index (χ3n) is 3.68. The van der Waals surface area contributed by atoms with Crippen molar-refractivity contribution in [2.24, 2.45) is 0 Å². The molecule has 0 saturated heterocycles. The van der Waals surface area contributed by atoms with Gasteiger partial charge < -0.3 is 4.57 Å².